The van der Waals surface area contributed by atoms with Gasteiger partial charge >= 0.3 is 6.18 Å². The zero-order valence-electron chi connectivity index (χ0n) is 9.83. The van der Waals surface area contributed by atoms with Gasteiger partial charge in [0.15, 0.2) is 0 Å². The molecule has 0 aromatic heterocycles. The lowest BCUT2D eigenvalue weighted by Crippen LogP contribution is -2.34. The number of hydrogen-bond acceptors (Lipinski definition) is 2. The van der Waals surface area contributed by atoms with Crippen LogP contribution in [-0.2, 0) is 5.66 Å². The van der Waals surface area contributed by atoms with E-state index in [1.54, 1.807) is 12.1 Å². The normalized spacial score (nSPS) is 17.2. The first kappa shape index (κ1) is 12.2. The van der Waals surface area contributed by atoms with Crippen LogP contribution in [-0.4, -0.2) is 6.18 Å². The SMILES string of the molecule is FC(F)(F)C1(c2ccc(-c3ccccc3)cc2)NN1. The van der Waals surface area contributed by atoms with Crippen molar-refractivity contribution in [2.24, 2.45) is 0 Å². The van der Waals surface area contributed by atoms with Crippen LogP contribution in [0.5, 0.6) is 0 Å². The van der Waals surface area contributed by atoms with Crippen molar-refractivity contribution in [1.82, 2.24) is 10.9 Å². The number of nitrogens with one attached hydrogen (secondary N) is 2. The van der Waals surface area contributed by atoms with Crippen molar-refractivity contribution in [3.8, 4) is 11.1 Å². The summed E-state index contributed by atoms with van der Waals surface area (Å²) < 4.78 is 38.6. The molecule has 0 radical (unpaired) electrons. The Bertz CT molecular complexity index is 572. The molecule has 1 aliphatic rings. The molecule has 0 aliphatic carbocycles. The fraction of sp³-hybridized carbons (Fsp3) is 0.143. The minimum Gasteiger partial charge on any atom is -0.223 e. The minimum absolute atomic E-state index is 0.166. The van der Waals surface area contributed by atoms with Gasteiger partial charge in [0.1, 0.15) is 0 Å². The van der Waals surface area contributed by atoms with E-state index in [1.165, 1.54) is 12.1 Å². The van der Waals surface area contributed by atoms with Crippen LogP contribution < -0.4 is 10.9 Å². The van der Waals surface area contributed by atoms with Crippen LogP contribution in [0.4, 0.5) is 13.2 Å². The van der Waals surface area contributed by atoms with E-state index in [4.69, 9.17) is 0 Å². The Morgan fingerprint density at radius 2 is 1.26 bits per heavy atom. The van der Waals surface area contributed by atoms with Gasteiger partial charge < -0.3 is 0 Å². The molecule has 0 saturated carbocycles. The second kappa shape index (κ2) is 4.08. The number of hydrogen-bond donors (Lipinski definition) is 2. The zero-order valence-corrected chi connectivity index (χ0v) is 9.83. The highest BCUT2D eigenvalue weighted by Gasteiger charge is 2.65. The predicted octanol–water partition coefficient (Wildman–Crippen LogP) is 3.18. The molecule has 0 bridgehead atoms. The van der Waals surface area contributed by atoms with Crippen LogP contribution in [0.15, 0.2) is 54.6 Å². The fourth-order valence-corrected chi connectivity index (χ4v) is 2.06. The van der Waals surface area contributed by atoms with E-state index in [0.29, 0.717) is 0 Å². The topological polar surface area (TPSA) is 43.9 Å². The summed E-state index contributed by atoms with van der Waals surface area (Å²) in [5.41, 5.74) is 4.33. The molecule has 0 spiro atoms. The van der Waals surface area contributed by atoms with Crippen LogP contribution in [0, 0.1) is 0 Å². The molecule has 0 unspecified atom stereocenters. The van der Waals surface area contributed by atoms with Crippen LogP contribution >= 0.6 is 0 Å². The van der Waals surface area contributed by atoms with Crippen LogP contribution in [0.3, 0.4) is 0 Å². The van der Waals surface area contributed by atoms with Gasteiger partial charge in [0.2, 0.25) is 5.66 Å². The maximum atomic E-state index is 12.9. The summed E-state index contributed by atoms with van der Waals surface area (Å²) in [6.07, 6.45) is -4.36. The van der Waals surface area contributed by atoms with Gasteiger partial charge in [-0.3, -0.25) is 0 Å². The maximum absolute atomic E-state index is 12.9. The summed E-state index contributed by atoms with van der Waals surface area (Å²) in [6, 6.07) is 15.9. The quantitative estimate of drug-likeness (QED) is 0.818. The molecule has 0 atom stereocenters. The molecule has 1 saturated heterocycles. The van der Waals surface area contributed by atoms with Crippen molar-refractivity contribution in [1.29, 1.82) is 0 Å². The third kappa shape index (κ3) is 2.01. The number of hydrazine groups is 1. The van der Waals surface area contributed by atoms with Crippen molar-refractivity contribution in [2.75, 3.05) is 0 Å². The largest absolute Gasteiger partial charge is 0.426 e. The summed E-state index contributed by atoms with van der Waals surface area (Å²) in [5.74, 6) is 0. The van der Waals surface area contributed by atoms with Crippen molar-refractivity contribution in [2.45, 2.75) is 11.8 Å². The van der Waals surface area contributed by atoms with E-state index in [1.807, 2.05) is 30.3 Å². The Morgan fingerprint density at radius 1 is 0.737 bits per heavy atom. The fourth-order valence-electron chi connectivity index (χ4n) is 2.06. The Morgan fingerprint density at radius 3 is 1.74 bits per heavy atom. The molecule has 98 valence electrons. The lowest BCUT2D eigenvalue weighted by Gasteiger charge is -2.16. The van der Waals surface area contributed by atoms with Gasteiger partial charge in [-0.1, -0.05) is 54.6 Å². The van der Waals surface area contributed by atoms with Crippen molar-refractivity contribution >= 4 is 0 Å². The van der Waals surface area contributed by atoms with Crippen LogP contribution in [0.1, 0.15) is 5.56 Å². The third-order valence-corrected chi connectivity index (χ3v) is 3.23. The number of rotatable bonds is 2. The van der Waals surface area contributed by atoms with Gasteiger partial charge in [-0.15, -0.1) is 0 Å². The average molecular weight is 264 g/mol. The highest BCUT2D eigenvalue weighted by Crippen LogP contribution is 2.42. The summed E-state index contributed by atoms with van der Waals surface area (Å²) in [5, 5.41) is 0. The Balaban J connectivity index is 1.93. The van der Waals surface area contributed by atoms with E-state index in [2.05, 4.69) is 10.9 Å². The first-order valence-electron chi connectivity index (χ1n) is 5.80. The Hall–Kier alpha value is -1.85. The average Bonchev–Trinajstić information content (AvgIpc) is 3.21. The smallest absolute Gasteiger partial charge is 0.223 e. The highest BCUT2D eigenvalue weighted by atomic mass is 19.4. The molecule has 2 nitrogen and oxygen atoms in total. The molecule has 3 rings (SSSR count). The van der Waals surface area contributed by atoms with E-state index in [9.17, 15) is 13.2 Å². The van der Waals surface area contributed by atoms with E-state index in [0.717, 1.165) is 11.1 Å². The molecule has 1 aliphatic heterocycles. The van der Waals surface area contributed by atoms with Gasteiger partial charge in [-0.25, -0.2) is 10.9 Å². The zero-order chi connectivity index (χ0) is 13.5. The molecule has 0 amide bonds. The number of alkyl halides is 3. The van der Waals surface area contributed by atoms with E-state index in [-0.39, 0.29) is 5.56 Å². The lowest BCUT2D eigenvalue weighted by atomic mass is 9.99. The molecule has 1 heterocycles. The molecule has 19 heavy (non-hydrogen) atoms. The van der Waals surface area contributed by atoms with E-state index >= 15 is 0 Å². The second-order valence-electron chi connectivity index (χ2n) is 4.44. The minimum atomic E-state index is -4.36. The molecule has 2 aromatic rings. The summed E-state index contributed by atoms with van der Waals surface area (Å²) >= 11 is 0. The molecule has 5 heteroatoms. The predicted molar refractivity (Wildman–Crippen MR) is 65.9 cm³/mol. The third-order valence-electron chi connectivity index (χ3n) is 3.23. The molecule has 2 N–H and O–H groups in total. The summed E-state index contributed by atoms with van der Waals surface area (Å²) in [7, 11) is 0. The summed E-state index contributed by atoms with van der Waals surface area (Å²) in [6.45, 7) is 0. The standard InChI is InChI=1S/C14H11F3N2/c15-14(16,17)13(18-19-13)12-8-6-11(7-9-12)10-4-2-1-3-5-10/h1-9,18-19H. The van der Waals surface area contributed by atoms with Crippen molar-refractivity contribution in [3.05, 3.63) is 60.2 Å². The van der Waals surface area contributed by atoms with Crippen LogP contribution in [0.2, 0.25) is 0 Å². The first-order chi connectivity index (χ1) is 9.03. The summed E-state index contributed by atoms with van der Waals surface area (Å²) in [4.78, 5) is 0. The van der Waals surface area contributed by atoms with Crippen molar-refractivity contribution in [3.63, 3.8) is 0 Å². The second-order valence-corrected chi connectivity index (χ2v) is 4.44. The van der Waals surface area contributed by atoms with Crippen molar-refractivity contribution < 1.29 is 13.2 Å². The Labute approximate surface area is 108 Å². The monoisotopic (exact) mass is 264 g/mol. The van der Waals surface area contributed by atoms with Gasteiger partial charge in [0.05, 0.1) is 0 Å². The maximum Gasteiger partial charge on any atom is 0.426 e. The first-order valence-corrected chi connectivity index (χ1v) is 5.80. The van der Waals surface area contributed by atoms with E-state index < -0.39 is 11.8 Å². The molecular formula is C14H11F3N2. The highest BCUT2D eigenvalue weighted by molar-refractivity contribution is 5.63. The molecule has 1 fully saturated rings. The number of benzene rings is 2. The van der Waals surface area contributed by atoms with Gasteiger partial charge in [0.25, 0.3) is 0 Å². The Kier molecular flexibility index (Phi) is 2.62. The number of halogens is 3. The van der Waals surface area contributed by atoms with Gasteiger partial charge in [0, 0.05) is 0 Å². The lowest BCUT2D eigenvalue weighted by molar-refractivity contribution is -0.165. The molecular weight excluding hydrogens is 253 g/mol. The van der Waals surface area contributed by atoms with Gasteiger partial charge in [-0.2, -0.15) is 13.2 Å². The molecule has 2 aromatic carbocycles. The van der Waals surface area contributed by atoms with Gasteiger partial charge in [-0.05, 0) is 16.7 Å². The van der Waals surface area contributed by atoms with Crippen LogP contribution in [0.25, 0.3) is 11.1 Å².